The summed E-state index contributed by atoms with van der Waals surface area (Å²) in [5.74, 6) is -1.17. The fraction of sp³-hybridized carbons (Fsp3) is 0.235. The Hall–Kier alpha value is -2.51. The molecule has 0 aliphatic carbocycles. The summed E-state index contributed by atoms with van der Waals surface area (Å²) in [4.78, 5) is 8.11. The van der Waals surface area contributed by atoms with E-state index in [1.807, 2.05) is 0 Å². The lowest BCUT2D eigenvalue weighted by molar-refractivity contribution is 0.151. The number of ether oxygens (including phenoxy) is 1. The molecule has 0 saturated heterocycles. The van der Waals surface area contributed by atoms with Crippen LogP contribution in [0.4, 0.5) is 16.0 Å². The molecule has 2 aromatic heterocycles. The molecule has 0 fully saturated rings. The van der Waals surface area contributed by atoms with Crippen molar-refractivity contribution in [2.24, 2.45) is 0 Å². The number of anilines is 2. The van der Waals surface area contributed by atoms with E-state index in [4.69, 9.17) is 59.7 Å². The highest BCUT2D eigenvalue weighted by atomic mass is 19.1. The molecule has 0 unspecified atom stereocenters. The third-order valence-electron chi connectivity index (χ3n) is 4.39. The van der Waals surface area contributed by atoms with Gasteiger partial charge in [0.1, 0.15) is 14.2 Å². The molecule has 2 heterocycles. The van der Waals surface area contributed by atoms with Crippen molar-refractivity contribution in [1.29, 1.82) is 0 Å². The summed E-state index contributed by atoms with van der Waals surface area (Å²) in [7, 11) is 39.9. The van der Waals surface area contributed by atoms with Crippen molar-refractivity contribution in [3.05, 3.63) is 54.4 Å². The second-order valence-corrected chi connectivity index (χ2v) is 7.18. The smallest absolute Gasteiger partial charge is 0.247 e. The maximum Gasteiger partial charge on any atom is 0.247 e. The average Bonchev–Trinajstić information content (AvgIpc) is 3.13. The highest BCUT2D eigenvalue weighted by molar-refractivity contribution is 6.69. The van der Waals surface area contributed by atoms with Gasteiger partial charge in [0.25, 0.3) is 0 Å². The topological polar surface area (TPSA) is 64.9 Å². The fourth-order valence-electron chi connectivity index (χ4n) is 2.68. The number of rotatable bonds is 7. The normalized spacial score (nSPS) is 12.5. The van der Waals surface area contributed by atoms with Crippen molar-refractivity contribution < 1.29 is 9.13 Å². The standard InChI is InChI=1S/C17H11B7FN5O/c1-9-5-11(28-14-27-8-30(29-14)10-3-2-4-26-7-10)13(25)12(6-9)31-15(18,16(19,20)21)17(22,23)24/h2-8H,1H3,(H,28,29). The number of pyridine rings is 1. The van der Waals surface area contributed by atoms with Crippen LogP contribution in [0.2, 0.25) is 10.2 Å². The first kappa shape index (κ1) is 23.2. The predicted molar refractivity (Wildman–Crippen MR) is 123 cm³/mol. The molecule has 0 spiro atoms. The maximum atomic E-state index is 15.2. The first-order valence-corrected chi connectivity index (χ1v) is 8.92. The summed E-state index contributed by atoms with van der Waals surface area (Å²) in [6, 6.07) is 6.34. The van der Waals surface area contributed by atoms with Gasteiger partial charge in [-0.1, -0.05) is 0 Å². The molecule has 6 nitrogen and oxygen atoms in total. The van der Waals surface area contributed by atoms with Gasteiger partial charge in [0, 0.05) is 11.7 Å². The highest BCUT2D eigenvalue weighted by Gasteiger charge is 2.46. The molecular weight excluding hydrogens is 385 g/mol. The van der Waals surface area contributed by atoms with Gasteiger partial charge in [-0.3, -0.25) is 4.98 Å². The van der Waals surface area contributed by atoms with Crippen molar-refractivity contribution in [2.75, 3.05) is 5.32 Å². The van der Waals surface area contributed by atoms with Crippen LogP contribution in [0.5, 0.6) is 5.75 Å². The Morgan fingerprint density at radius 1 is 1.06 bits per heavy atom. The minimum absolute atomic E-state index is 0.0328. The van der Waals surface area contributed by atoms with Gasteiger partial charge in [0.2, 0.25) is 5.95 Å². The first-order valence-electron chi connectivity index (χ1n) is 8.92. The second-order valence-electron chi connectivity index (χ2n) is 7.18. The van der Waals surface area contributed by atoms with Crippen LogP contribution in [-0.2, 0) is 0 Å². The van der Waals surface area contributed by atoms with Crippen LogP contribution in [0.25, 0.3) is 5.69 Å². The third-order valence-corrected chi connectivity index (χ3v) is 4.39. The van der Waals surface area contributed by atoms with Crippen LogP contribution in [0, 0.1) is 12.7 Å². The van der Waals surface area contributed by atoms with Crippen molar-refractivity contribution >= 4 is 66.6 Å². The Bertz CT molecular complexity index is 1050. The lowest BCUT2D eigenvalue weighted by Gasteiger charge is -2.54. The van der Waals surface area contributed by atoms with E-state index in [0.29, 0.717) is 11.3 Å². The molecule has 14 radical (unpaired) electrons. The molecule has 31 heavy (non-hydrogen) atoms. The summed E-state index contributed by atoms with van der Waals surface area (Å²) in [6.07, 6.45) is 4.65. The predicted octanol–water partition coefficient (Wildman–Crippen LogP) is 0.255. The van der Waals surface area contributed by atoms with Crippen LogP contribution < -0.4 is 10.1 Å². The Morgan fingerprint density at radius 2 is 1.74 bits per heavy atom. The van der Waals surface area contributed by atoms with Crippen LogP contribution >= 0.6 is 0 Å². The van der Waals surface area contributed by atoms with E-state index in [9.17, 15) is 0 Å². The average molecular weight is 396 g/mol. The Kier molecular flexibility index (Phi) is 6.13. The van der Waals surface area contributed by atoms with Crippen molar-refractivity contribution in [2.45, 2.75) is 22.7 Å². The van der Waals surface area contributed by atoms with E-state index >= 15 is 4.39 Å². The SMILES string of the molecule is [B]C([B])([B])C([B])(Oc1cc(C)cc(Nc2ncn(-c3cccnc3)n2)c1F)C([B])([B])[B]. The number of halogens is 1. The van der Waals surface area contributed by atoms with E-state index in [0.717, 1.165) is 0 Å². The van der Waals surface area contributed by atoms with E-state index in [1.165, 1.54) is 23.1 Å². The molecule has 3 aromatic rings. The number of aromatic nitrogens is 4. The lowest BCUT2D eigenvalue weighted by Crippen LogP contribution is -2.59. The molecule has 3 rings (SSSR count). The number of benzene rings is 1. The highest BCUT2D eigenvalue weighted by Crippen LogP contribution is 2.44. The zero-order valence-electron chi connectivity index (χ0n) is 16.7. The zero-order chi connectivity index (χ0) is 23.0. The van der Waals surface area contributed by atoms with Crippen molar-refractivity contribution in [1.82, 2.24) is 19.7 Å². The molecule has 0 bridgehead atoms. The number of nitrogens with one attached hydrogen (secondary N) is 1. The Labute approximate surface area is 189 Å². The third kappa shape index (κ3) is 4.73. The number of nitrogens with zero attached hydrogens (tertiary/aromatic N) is 4. The summed E-state index contributed by atoms with van der Waals surface area (Å²) in [5.41, 5.74) is -1.25. The summed E-state index contributed by atoms with van der Waals surface area (Å²) < 4.78 is 22.1. The quantitative estimate of drug-likeness (QED) is 0.581. The molecule has 1 aromatic carbocycles. The number of hydrogen-bond acceptors (Lipinski definition) is 5. The molecule has 0 aliphatic rings. The zero-order valence-corrected chi connectivity index (χ0v) is 16.7. The second kappa shape index (κ2) is 8.21. The molecule has 1 N–H and O–H groups in total. The number of aryl methyl sites for hydroxylation is 1. The summed E-state index contributed by atoms with van der Waals surface area (Å²) >= 11 is 0. The van der Waals surface area contributed by atoms with Gasteiger partial charge >= 0.3 is 0 Å². The molecule has 0 aliphatic heterocycles. The molecular formula is C17H11B7FN5O. The molecule has 0 atom stereocenters. The van der Waals surface area contributed by atoms with E-state index in [2.05, 4.69) is 20.4 Å². The minimum Gasteiger partial charge on any atom is -0.498 e. The van der Waals surface area contributed by atoms with Gasteiger partial charge in [0.05, 0.1) is 64.6 Å². The van der Waals surface area contributed by atoms with Gasteiger partial charge in [-0.25, -0.2) is 9.07 Å². The summed E-state index contributed by atoms with van der Waals surface area (Å²) in [5, 5.41) is 2.35. The van der Waals surface area contributed by atoms with E-state index < -0.39 is 27.3 Å². The van der Waals surface area contributed by atoms with Gasteiger partial charge in [0.15, 0.2) is 11.6 Å². The number of hydrogen-bond donors (Lipinski definition) is 1. The van der Waals surface area contributed by atoms with Crippen molar-refractivity contribution in [3.8, 4) is 11.4 Å². The van der Waals surface area contributed by atoms with Crippen molar-refractivity contribution in [3.63, 3.8) is 0 Å². The Balaban J connectivity index is 1.94. The van der Waals surface area contributed by atoms with Crippen LogP contribution in [0.3, 0.4) is 0 Å². The van der Waals surface area contributed by atoms with Gasteiger partial charge in [-0.2, -0.15) is 4.98 Å². The molecule has 0 saturated carbocycles. The minimum atomic E-state index is -2.45. The first-order chi connectivity index (χ1) is 14.3. The summed E-state index contributed by atoms with van der Waals surface area (Å²) in [6.45, 7) is 1.68. The monoisotopic (exact) mass is 397 g/mol. The van der Waals surface area contributed by atoms with Crippen LogP contribution in [0.1, 0.15) is 5.56 Å². The molecule has 138 valence electrons. The molecule has 0 amide bonds. The molecule has 14 heteroatoms. The van der Waals surface area contributed by atoms with Gasteiger partial charge in [-0.05, 0) is 36.8 Å². The van der Waals surface area contributed by atoms with Crippen LogP contribution in [0.15, 0.2) is 43.0 Å². The lowest BCUT2D eigenvalue weighted by atomic mass is 9.19. The fourth-order valence-corrected chi connectivity index (χ4v) is 2.68. The van der Waals surface area contributed by atoms with Gasteiger partial charge < -0.3 is 10.1 Å². The van der Waals surface area contributed by atoms with E-state index in [1.54, 1.807) is 31.5 Å². The van der Waals surface area contributed by atoms with E-state index in [-0.39, 0.29) is 11.6 Å². The Morgan fingerprint density at radius 3 is 2.32 bits per heavy atom. The maximum absolute atomic E-state index is 15.2. The van der Waals surface area contributed by atoms with Gasteiger partial charge in [-0.15, -0.1) is 15.3 Å². The van der Waals surface area contributed by atoms with Crippen LogP contribution in [-0.4, -0.2) is 80.2 Å². The largest absolute Gasteiger partial charge is 0.498 e.